The molecule has 0 aliphatic rings. The minimum atomic E-state index is 0.790. The Morgan fingerprint density at radius 3 is 2.60 bits per heavy atom. The van der Waals surface area contributed by atoms with E-state index < -0.39 is 0 Å². The predicted molar refractivity (Wildman–Crippen MR) is 67.7 cm³/mol. The van der Waals surface area contributed by atoms with E-state index in [1.165, 1.54) is 12.8 Å². The molecule has 0 aliphatic carbocycles. The van der Waals surface area contributed by atoms with Crippen LogP contribution < -0.4 is 0 Å². The van der Waals surface area contributed by atoms with E-state index >= 15 is 0 Å². The Kier molecular flexibility index (Phi) is 9.94. The second-order valence-corrected chi connectivity index (χ2v) is 3.27. The SMILES string of the molecule is C=C/C=C\C(=C/C)OCCCCCC=C. The molecule has 84 valence electrons. The molecule has 1 nitrogen and oxygen atoms in total. The van der Waals surface area contributed by atoms with E-state index in [1.54, 1.807) is 6.08 Å². The fourth-order valence-corrected chi connectivity index (χ4v) is 1.15. The molecule has 0 aromatic heterocycles. The molecule has 0 aliphatic heterocycles. The van der Waals surface area contributed by atoms with Crippen LogP contribution in [0.3, 0.4) is 0 Å². The van der Waals surface area contributed by atoms with Crippen molar-refractivity contribution in [1.29, 1.82) is 0 Å². The number of ether oxygens (including phenoxy) is 1. The van der Waals surface area contributed by atoms with Crippen LogP contribution in [0.1, 0.15) is 32.6 Å². The molecule has 0 saturated carbocycles. The van der Waals surface area contributed by atoms with E-state index in [0.717, 1.165) is 25.2 Å². The van der Waals surface area contributed by atoms with Gasteiger partial charge in [0.2, 0.25) is 0 Å². The molecular formula is C14H22O. The largest absolute Gasteiger partial charge is 0.494 e. The van der Waals surface area contributed by atoms with E-state index in [4.69, 9.17) is 4.74 Å². The minimum Gasteiger partial charge on any atom is -0.494 e. The molecule has 0 aromatic carbocycles. The third kappa shape index (κ3) is 9.07. The number of hydrogen-bond acceptors (Lipinski definition) is 1. The molecule has 0 aromatic rings. The van der Waals surface area contributed by atoms with Gasteiger partial charge in [-0.2, -0.15) is 0 Å². The summed E-state index contributed by atoms with van der Waals surface area (Å²) in [6, 6.07) is 0. The minimum absolute atomic E-state index is 0.790. The Labute approximate surface area is 93.8 Å². The number of hydrogen-bond donors (Lipinski definition) is 0. The average molecular weight is 206 g/mol. The molecule has 0 bridgehead atoms. The Balaban J connectivity index is 3.51. The Morgan fingerprint density at radius 2 is 2.00 bits per heavy atom. The summed E-state index contributed by atoms with van der Waals surface area (Å²) in [5.74, 6) is 0.915. The van der Waals surface area contributed by atoms with Crippen LogP contribution in [0.5, 0.6) is 0 Å². The third-order valence-electron chi connectivity index (χ3n) is 2.00. The van der Waals surface area contributed by atoms with Crippen LogP contribution in [-0.2, 0) is 4.74 Å². The van der Waals surface area contributed by atoms with Gasteiger partial charge in [0.15, 0.2) is 0 Å². The lowest BCUT2D eigenvalue weighted by atomic mass is 10.2. The van der Waals surface area contributed by atoms with Gasteiger partial charge in [-0.25, -0.2) is 0 Å². The highest BCUT2D eigenvalue weighted by molar-refractivity contribution is 5.15. The van der Waals surface area contributed by atoms with Crippen molar-refractivity contribution in [3.05, 3.63) is 49.3 Å². The highest BCUT2D eigenvalue weighted by Gasteiger charge is 1.91. The van der Waals surface area contributed by atoms with Gasteiger partial charge in [0.25, 0.3) is 0 Å². The molecule has 0 N–H and O–H groups in total. The molecular weight excluding hydrogens is 184 g/mol. The zero-order valence-corrected chi connectivity index (χ0v) is 9.74. The second kappa shape index (κ2) is 10.8. The summed E-state index contributed by atoms with van der Waals surface area (Å²) >= 11 is 0. The van der Waals surface area contributed by atoms with E-state index in [9.17, 15) is 0 Å². The Morgan fingerprint density at radius 1 is 1.20 bits per heavy atom. The molecule has 0 atom stereocenters. The van der Waals surface area contributed by atoms with Crippen molar-refractivity contribution in [2.75, 3.05) is 6.61 Å². The lowest BCUT2D eigenvalue weighted by Gasteiger charge is -2.05. The van der Waals surface area contributed by atoms with Crippen LogP contribution in [-0.4, -0.2) is 6.61 Å². The Hall–Kier alpha value is -1.24. The summed E-state index contributed by atoms with van der Waals surface area (Å²) in [5, 5.41) is 0. The topological polar surface area (TPSA) is 9.23 Å². The van der Waals surface area contributed by atoms with Gasteiger partial charge in [-0.15, -0.1) is 6.58 Å². The maximum absolute atomic E-state index is 5.57. The molecule has 0 heterocycles. The molecule has 0 unspecified atom stereocenters. The molecule has 0 rings (SSSR count). The fourth-order valence-electron chi connectivity index (χ4n) is 1.15. The van der Waals surface area contributed by atoms with Gasteiger partial charge >= 0.3 is 0 Å². The van der Waals surface area contributed by atoms with Crippen molar-refractivity contribution < 1.29 is 4.74 Å². The van der Waals surface area contributed by atoms with Crippen LogP contribution in [0.15, 0.2) is 49.3 Å². The molecule has 0 radical (unpaired) electrons. The van der Waals surface area contributed by atoms with E-state index in [-0.39, 0.29) is 0 Å². The maximum Gasteiger partial charge on any atom is 0.115 e. The molecule has 1 heteroatoms. The van der Waals surface area contributed by atoms with Gasteiger partial charge in [-0.1, -0.05) is 24.8 Å². The van der Waals surface area contributed by atoms with Crippen LogP contribution in [0, 0.1) is 0 Å². The van der Waals surface area contributed by atoms with E-state index in [1.807, 2.05) is 31.2 Å². The van der Waals surface area contributed by atoms with Crippen LogP contribution in [0.2, 0.25) is 0 Å². The number of rotatable bonds is 9. The predicted octanol–water partition coefficient (Wildman–Crippen LogP) is 4.40. The maximum atomic E-state index is 5.57. The van der Waals surface area contributed by atoms with Crippen LogP contribution in [0.4, 0.5) is 0 Å². The molecule has 0 saturated heterocycles. The zero-order valence-electron chi connectivity index (χ0n) is 9.74. The molecule has 15 heavy (non-hydrogen) atoms. The fraction of sp³-hybridized carbons (Fsp3) is 0.429. The molecule has 0 fully saturated rings. The van der Waals surface area contributed by atoms with Crippen molar-refractivity contribution in [2.24, 2.45) is 0 Å². The first-order valence-electron chi connectivity index (χ1n) is 5.54. The van der Waals surface area contributed by atoms with E-state index in [0.29, 0.717) is 0 Å². The summed E-state index contributed by atoms with van der Waals surface area (Å²) in [6.07, 6.45) is 14.1. The summed E-state index contributed by atoms with van der Waals surface area (Å²) in [6.45, 7) is 10.1. The van der Waals surface area contributed by atoms with Crippen molar-refractivity contribution in [3.8, 4) is 0 Å². The number of unbranched alkanes of at least 4 members (excludes halogenated alkanes) is 3. The summed E-state index contributed by atoms with van der Waals surface area (Å²) < 4.78 is 5.57. The van der Waals surface area contributed by atoms with Gasteiger partial charge in [0.05, 0.1) is 6.61 Å². The lowest BCUT2D eigenvalue weighted by molar-refractivity contribution is 0.216. The number of allylic oxidation sites excluding steroid dienone is 5. The highest BCUT2D eigenvalue weighted by atomic mass is 16.5. The van der Waals surface area contributed by atoms with Crippen molar-refractivity contribution in [1.82, 2.24) is 0 Å². The van der Waals surface area contributed by atoms with Crippen LogP contribution in [0.25, 0.3) is 0 Å². The normalized spacial score (nSPS) is 11.7. The first-order chi connectivity index (χ1) is 7.35. The van der Waals surface area contributed by atoms with Gasteiger partial charge in [0.1, 0.15) is 5.76 Å². The highest BCUT2D eigenvalue weighted by Crippen LogP contribution is 2.04. The lowest BCUT2D eigenvalue weighted by Crippen LogP contribution is -1.93. The zero-order chi connectivity index (χ0) is 11.4. The molecule has 0 amide bonds. The first-order valence-corrected chi connectivity index (χ1v) is 5.54. The quantitative estimate of drug-likeness (QED) is 0.235. The van der Waals surface area contributed by atoms with Crippen molar-refractivity contribution in [3.63, 3.8) is 0 Å². The summed E-state index contributed by atoms with van der Waals surface area (Å²) in [4.78, 5) is 0. The van der Waals surface area contributed by atoms with Gasteiger partial charge in [-0.3, -0.25) is 0 Å². The van der Waals surface area contributed by atoms with Gasteiger partial charge in [0, 0.05) is 0 Å². The Bertz CT molecular complexity index is 223. The van der Waals surface area contributed by atoms with Crippen molar-refractivity contribution >= 4 is 0 Å². The average Bonchev–Trinajstić information content (AvgIpc) is 2.27. The monoisotopic (exact) mass is 206 g/mol. The van der Waals surface area contributed by atoms with Gasteiger partial charge < -0.3 is 4.74 Å². The second-order valence-electron chi connectivity index (χ2n) is 3.27. The first kappa shape index (κ1) is 13.8. The van der Waals surface area contributed by atoms with E-state index in [2.05, 4.69) is 13.2 Å². The third-order valence-corrected chi connectivity index (χ3v) is 2.00. The van der Waals surface area contributed by atoms with Crippen LogP contribution >= 0.6 is 0 Å². The van der Waals surface area contributed by atoms with Gasteiger partial charge in [-0.05, 0) is 44.8 Å². The molecule has 0 spiro atoms. The van der Waals surface area contributed by atoms with Crippen molar-refractivity contribution in [2.45, 2.75) is 32.6 Å². The summed E-state index contributed by atoms with van der Waals surface area (Å²) in [5.41, 5.74) is 0. The smallest absolute Gasteiger partial charge is 0.115 e. The standard InChI is InChI=1S/C14H22O/c1-4-7-9-10-11-13-15-14(6-3)12-8-5-2/h4-6,8,12H,1-2,7,9-11,13H2,3H3/b12-8-,14-6+. The summed E-state index contributed by atoms with van der Waals surface area (Å²) in [7, 11) is 0.